The Kier molecular flexibility index (Phi) is 4.42. The molecule has 0 aromatic carbocycles. The van der Waals surface area contributed by atoms with E-state index < -0.39 is 0 Å². The van der Waals surface area contributed by atoms with E-state index in [0.29, 0.717) is 11.7 Å². The van der Waals surface area contributed by atoms with E-state index >= 15 is 0 Å². The van der Waals surface area contributed by atoms with Gasteiger partial charge in [0.25, 0.3) is 0 Å². The second-order valence-electron chi connectivity index (χ2n) is 4.86. The first-order valence-electron chi connectivity index (χ1n) is 6.72. The van der Waals surface area contributed by atoms with Crippen molar-refractivity contribution in [3.05, 3.63) is 22.4 Å². The maximum atomic E-state index is 12.0. The fourth-order valence-electron chi connectivity index (χ4n) is 2.55. The fourth-order valence-corrected chi connectivity index (χ4v) is 4.75. The van der Waals surface area contributed by atoms with Crippen molar-refractivity contribution in [2.45, 2.75) is 5.37 Å². The zero-order chi connectivity index (χ0) is 13.1. The largest absolute Gasteiger partial charge is 0.324 e. The van der Waals surface area contributed by atoms with Crippen LogP contribution in [0.2, 0.25) is 0 Å². The van der Waals surface area contributed by atoms with Gasteiger partial charge in [-0.15, -0.1) is 23.1 Å². The Labute approximate surface area is 122 Å². The van der Waals surface area contributed by atoms with Gasteiger partial charge < -0.3 is 10.2 Å². The molecule has 0 bridgehead atoms. The van der Waals surface area contributed by atoms with Crippen molar-refractivity contribution in [2.24, 2.45) is 0 Å². The molecule has 0 saturated carbocycles. The predicted molar refractivity (Wildman–Crippen MR) is 80.5 cm³/mol. The monoisotopic (exact) mass is 297 g/mol. The highest BCUT2D eigenvalue weighted by molar-refractivity contribution is 8.00. The number of piperazine rings is 1. The zero-order valence-corrected chi connectivity index (χ0v) is 12.5. The van der Waals surface area contributed by atoms with Gasteiger partial charge in [0.1, 0.15) is 5.37 Å². The highest BCUT2D eigenvalue weighted by atomic mass is 32.2. The summed E-state index contributed by atoms with van der Waals surface area (Å²) in [5.74, 6) is 0.919. The summed E-state index contributed by atoms with van der Waals surface area (Å²) in [6, 6.07) is 4.20. The molecule has 6 heteroatoms. The molecule has 1 aromatic heterocycles. The lowest BCUT2D eigenvalue weighted by molar-refractivity contribution is -0.128. The SMILES string of the molecule is O=C1CS[C@H](c2cccs2)N1CCN1CCNCC1. The van der Waals surface area contributed by atoms with Gasteiger partial charge in [0, 0.05) is 44.1 Å². The maximum absolute atomic E-state index is 12.0. The smallest absolute Gasteiger partial charge is 0.233 e. The number of hydrogen-bond donors (Lipinski definition) is 1. The quantitative estimate of drug-likeness (QED) is 0.907. The normalized spacial score (nSPS) is 25.2. The molecule has 2 fully saturated rings. The van der Waals surface area contributed by atoms with E-state index in [1.165, 1.54) is 4.88 Å². The average Bonchev–Trinajstić information content (AvgIpc) is 3.07. The lowest BCUT2D eigenvalue weighted by atomic mass is 10.3. The van der Waals surface area contributed by atoms with Crippen molar-refractivity contribution in [3.63, 3.8) is 0 Å². The number of nitrogens with zero attached hydrogens (tertiary/aromatic N) is 2. The fraction of sp³-hybridized carbons (Fsp3) is 0.615. The number of nitrogens with one attached hydrogen (secondary N) is 1. The highest BCUT2D eigenvalue weighted by Crippen LogP contribution is 2.40. The summed E-state index contributed by atoms with van der Waals surface area (Å²) in [4.78, 5) is 17.8. The molecule has 1 aromatic rings. The lowest BCUT2D eigenvalue weighted by Gasteiger charge is -2.30. The Morgan fingerprint density at radius 3 is 2.89 bits per heavy atom. The molecule has 3 rings (SSSR count). The topological polar surface area (TPSA) is 35.6 Å². The van der Waals surface area contributed by atoms with E-state index in [1.54, 1.807) is 23.1 Å². The lowest BCUT2D eigenvalue weighted by Crippen LogP contribution is -2.46. The second-order valence-corrected chi connectivity index (χ2v) is 6.91. The minimum absolute atomic E-state index is 0.246. The van der Waals surface area contributed by atoms with Crippen LogP contribution in [0.3, 0.4) is 0 Å². The van der Waals surface area contributed by atoms with Gasteiger partial charge in [-0.1, -0.05) is 6.07 Å². The Hall–Kier alpha value is -0.560. The Balaban J connectivity index is 1.59. The first-order valence-corrected chi connectivity index (χ1v) is 8.65. The summed E-state index contributed by atoms with van der Waals surface area (Å²) in [7, 11) is 0. The highest BCUT2D eigenvalue weighted by Gasteiger charge is 2.33. The number of carbonyl (C=O) groups is 1. The Bertz CT molecular complexity index is 418. The number of amides is 1. The molecule has 19 heavy (non-hydrogen) atoms. The molecule has 0 spiro atoms. The molecule has 2 aliphatic rings. The van der Waals surface area contributed by atoms with E-state index in [-0.39, 0.29) is 5.37 Å². The second kappa shape index (κ2) is 6.26. The van der Waals surface area contributed by atoms with E-state index in [1.807, 2.05) is 0 Å². The zero-order valence-electron chi connectivity index (χ0n) is 10.9. The average molecular weight is 297 g/mol. The van der Waals surface area contributed by atoms with Gasteiger partial charge in [-0.25, -0.2) is 0 Å². The molecule has 1 amide bonds. The number of rotatable bonds is 4. The minimum Gasteiger partial charge on any atom is -0.324 e. The van der Waals surface area contributed by atoms with Gasteiger partial charge in [0.15, 0.2) is 0 Å². The van der Waals surface area contributed by atoms with Crippen molar-refractivity contribution in [1.82, 2.24) is 15.1 Å². The third-order valence-corrected chi connectivity index (χ3v) is 5.93. The van der Waals surface area contributed by atoms with Gasteiger partial charge in [-0.3, -0.25) is 9.69 Å². The minimum atomic E-state index is 0.246. The molecular formula is C13H19N3OS2. The predicted octanol–water partition coefficient (Wildman–Crippen LogP) is 1.23. The van der Waals surface area contributed by atoms with Crippen LogP contribution in [0.15, 0.2) is 17.5 Å². The third-order valence-electron chi connectivity index (χ3n) is 3.62. The molecule has 0 unspecified atom stereocenters. The third kappa shape index (κ3) is 3.13. The molecule has 2 saturated heterocycles. The molecule has 104 valence electrons. The van der Waals surface area contributed by atoms with Crippen LogP contribution in [0.25, 0.3) is 0 Å². The number of hydrogen-bond acceptors (Lipinski definition) is 5. The van der Waals surface area contributed by atoms with Gasteiger partial charge in [-0.2, -0.15) is 0 Å². The summed E-state index contributed by atoms with van der Waals surface area (Å²) in [6.07, 6.45) is 0. The van der Waals surface area contributed by atoms with Crippen LogP contribution in [0.4, 0.5) is 0 Å². The standard InChI is InChI=1S/C13H19N3OS2/c17-12-10-19-13(11-2-1-9-18-11)16(12)8-7-15-5-3-14-4-6-15/h1-2,9,13-14H,3-8,10H2/t13-/m1/s1. The number of carbonyl (C=O) groups excluding carboxylic acids is 1. The van der Waals surface area contributed by atoms with Gasteiger partial charge in [0.05, 0.1) is 5.75 Å². The van der Waals surface area contributed by atoms with Crippen molar-refractivity contribution in [2.75, 3.05) is 45.0 Å². The molecule has 0 aliphatic carbocycles. The molecule has 1 N–H and O–H groups in total. The van der Waals surface area contributed by atoms with Crippen molar-refractivity contribution in [1.29, 1.82) is 0 Å². The first kappa shape index (κ1) is 13.4. The van der Waals surface area contributed by atoms with Crippen LogP contribution in [0, 0.1) is 0 Å². The molecule has 2 aliphatic heterocycles. The van der Waals surface area contributed by atoms with Crippen molar-refractivity contribution in [3.8, 4) is 0 Å². The molecule has 1 atom stereocenters. The van der Waals surface area contributed by atoms with Crippen molar-refractivity contribution >= 4 is 29.0 Å². The van der Waals surface area contributed by atoms with Crippen LogP contribution < -0.4 is 5.32 Å². The Morgan fingerprint density at radius 2 is 2.16 bits per heavy atom. The van der Waals surface area contributed by atoms with Crippen molar-refractivity contribution < 1.29 is 4.79 Å². The van der Waals surface area contributed by atoms with Crippen LogP contribution in [0.1, 0.15) is 10.3 Å². The summed E-state index contributed by atoms with van der Waals surface area (Å²) in [5, 5.41) is 5.69. The van der Waals surface area contributed by atoms with Crippen LogP contribution in [0.5, 0.6) is 0 Å². The number of thioether (sulfide) groups is 1. The summed E-state index contributed by atoms with van der Waals surface area (Å²) >= 11 is 3.51. The first-order chi connectivity index (χ1) is 9.34. The van der Waals surface area contributed by atoms with Crippen LogP contribution in [-0.4, -0.2) is 60.7 Å². The maximum Gasteiger partial charge on any atom is 0.233 e. The molecule has 0 radical (unpaired) electrons. The molecule has 4 nitrogen and oxygen atoms in total. The van der Waals surface area contributed by atoms with Gasteiger partial charge in [-0.05, 0) is 11.4 Å². The summed E-state index contributed by atoms with van der Waals surface area (Å²) in [6.45, 7) is 6.18. The van der Waals surface area contributed by atoms with Crippen LogP contribution in [-0.2, 0) is 4.79 Å². The van der Waals surface area contributed by atoms with E-state index in [9.17, 15) is 4.79 Å². The Morgan fingerprint density at radius 1 is 1.32 bits per heavy atom. The number of thiophene rings is 1. The molecule has 3 heterocycles. The summed E-state index contributed by atoms with van der Waals surface area (Å²) < 4.78 is 0. The summed E-state index contributed by atoms with van der Waals surface area (Å²) in [5.41, 5.74) is 0. The van der Waals surface area contributed by atoms with Gasteiger partial charge in [0.2, 0.25) is 5.91 Å². The van der Waals surface area contributed by atoms with E-state index in [2.05, 4.69) is 32.6 Å². The van der Waals surface area contributed by atoms with Gasteiger partial charge >= 0.3 is 0 Å². The van der Waals surface area contributed by atoms with Crippen LogP contribution >= 0.6 is 23.1 Å². The van der Waals surface area contributed by atoms with E-state index in [0.717, 1.165) is 39.3 Å². The van der Waals surface area contributed by atoms with E-state index in [4.69, 9.17) is 0 Å². The molecular weight excluding hydrogens is 278 g/mol.